The molecule has 0 saturated carbocycles. The molecule has 1 N–H and O–H groups in total. The molecular weight excluding hydrogens is 208 g/mol. The quantitative estimate of drug-likeness (QED) is 0.846. The highest BCUT2D eigenvalue weighted by Gasteiger charge is 2.17. The zero-order chi connectivity index (χ0) is 10.7. The highest BCUT2D eigenvalue weighted by molar-refractivity contribution is 7.10. The van der Waals surface area contributed by atoms with Gasteiger partial charge in [-0.05, 0) is 18.4 Å². The van der Waals surface area contributed by atoms with Crippen molar-refractivity contribution >= 4 is 11.3 Å². The third kappa shape index (κ3) is 2.71. The van der Waals surface area contributed by atoms with E-state index in [9.17, 15) is 0 Å². The van der Waals surface area contributed by atoms with Crippen LogP contribution < -0.4 is 10.1 Å². The number of ether oxygens (including phenoxy) is 1. The Hall–Kier alpha value is -0.580. The van der Waals surface area contributed by atoms with Gasteiger partial charge in [0.05, 0.1) is 12.0 Å². The van der Waals surface area contributed by atoms with Crippen molar-refractivity contribution in [1.82, 2.24) is 10.2 Å². The Labute approximate surface area is 95.0 Å². The van der Waals surface area contributed by atoms with E-state index in [1.165, 1.54) is 4.88 Å². The Bertz CT molecular complexity index is 313. The molecule has 0 bridgehead atoms. The number of piperazine rings is 1. The maximum Gasteiger partial charge on any atom is 0.134 e. The first kappa shape index (κ1) is 10.9. The molecule has 0 amide bonds. The van der Waals surface area contributed by atoms with E-state index in [1.54, 1.807) is 18.4 Å². The molecule has 0 aliphatic carbocycles. The topological polar surface area (TPSA) is 24.5 Å². The lowest BCUT2D eigenvalue weighted by Crippen LogP contribution is -2.48. The second kappa shape index (κ2) is 4.96. The summed E-state index contributed by atoms with van der Waals surface area (Å²) in [5.41, 5.74) is 0. The van der Waals surface area contributed by atoms with Crippen LogP contribution in [0.5, 0.6) is 5.75 Å². The van der Waals surface area contributed by atoms with E-state index in [0.717, 1.165) is 31.9 Å². The average molecular weight is 226 g/mol. The van der Waals surface area contributed by atoms with Gasteiger partial charge in [0.25, 0.3) is 0 Å². The number of nitrogens with zero attached hydrogens (tertiary/aromatic N) is 1. The van der Waals surface area contributed by atoms with Crippen LogP contribution in [0.1, 0.15) is 11.8 Å². The molecule has 1 aromatic rings. The molecule has 1 saturated heterocycles. The third-order valence-corrected chi connectivity index (χ3v) is 3.63. The van der Waals surface area contributed by atoms with E-state index < -0.39 is 0 Å². The largest absolute Gasteiger partial charge is 0.496 e. The molecule has 4 heteroatoms. The maximum absolute atomic E-state index is 5.32. The van der Waals surface area contributed by atoms with Crippen LogP contribution in [-0.2, 0) is 6.54 Å². The predicted octanol–water partition coefficient (Wildman–Crippen LogP) is 1.55. The molecule has 1 fully saturated rings. The van der Waals surface area contributed by atoms with Crippen LogP contribution in [-0.4, -0.2) is 37.7 Å². The molecule has 0 spiro atoms. The van der Waals surface area contributed by atoms with Crippen molar-refractivity contribution in [2.45, 2.75) is 19.5 Å². The van der Waals surface area contributed by atoms with Gasteiger partial charge in [0, 0.05) is 32.2 Å². The fraction of sp³-hybridized carbons (Fsp3) is 0.636. The van der Waals surface area contributed by atoms with Crippen molar-refractivity contribution in [3.8, 4) is 5.75 Å². The Balaban J connectivity index is 1.96. The van der Waals surface area contributed by atoms with Gasteiger partial charge in [0.2, 0.25) is 0 Å². The SMILES string of the molecule is COc1ccsc1CN1CCN[C@@H](C)C1. The van der Waals surface area contributed by atoms with Crippen LogP contribution >= 0.6 is 11.3 Å². The van der Waals surface area contributed by atoms with Crippen molar-refractivity contribution < 1.29 is 4.74 Å². The average Bonchev–Trinajstić information content (AvgIpc) is 2.65. The lowest BCUT2D eigenvalue weighted by Gasteiger charge is -2.31. The van der Waals surface area contributed by atoms with Gasteiger partial charge in [-0.1, -0.05) is 0 Å². The molecule has 1 aliphatic heterocycles. The minimum atomic E-state index is 0.602. The van der Waals surface area contributed by atoms with E-state index in [1.807, 2.05) is 6.07 Å². The highest BCUT2D eigenvalue weighted by atomic mass is 32.1. The monoisotopic (exact) mass is 226 g/mol. The summed E-state index contributed by atoms with van der Waals surface area (Å²) in [6.07, 6.45) is 0. The van der Waals surface area contributed by atoms with Crippen molar-refractivity contribution in [2.24, 2.45) is 0 Å². The first-order chi connectivity index (χ1) is 7.29. The number of hydrogen-bond acceptors (Lipinski definition) is 4. The first-order valence-electron chi connectivity index (χ1n) is 5.35. The lowest BCUT2D eigenvalue weighted by atomic mass is 10.2. The first-order valence-corrected chi connectivity index (χ1v) is 6.23. The van der Waals surface area contributed by atoms with Gasteiger partial charge in [0.1, 0.15) is 5.75 Å². The van der Waals surface area contributed by atoms with Crippen molar-refractivity contribution in [3.63, 3.8) is 0 Å². The Morgan fingerprint density at radius 2 is 2.53 bits per heavy atom. The van der Waals surface area contributed by atoms with Gasteiger partial charge in [0.15, 0.2) is 0 Å². The van der Waals surface area contributed by atoms with Crippen LogP contribution in [0, 0.1) is 0 Å². The Morgan fingerprint density at radius 1 is 1.67 bits per heavy atom. The maximum atomic E-state index is 5.32. The van der Waals surface area contributed by atoms with E-state index in [-0.39, 0.29) is 0 Å². The number of hydrogen-bond donors (Lipinski definition) is 1. The molecule has 0 aromatic carbocycles. The van der Waals surface area contributed by atoms with E-state index in [2.05, 4.69) is 22.5 Å². The van der Waals surface area contributed by atoms with Gasteiger partial charge < -0.3 is 10.1 Å². The molecule has 84 valence electrons. The van der Waals surface area contributed by atoms with Gasteiger partial charge >= 0.3 is 0 Å². The molecule has 15 heavy (non-hydrogen) atoms. The predicted molar refractivity (Wildman–Crippen MR) is 63.6 cm³/mol. The summed E-state index contributed by atoms with van der Waals surface area (Å²) in [5, 5.41) is 5.55. The van der Waals surface area contributed by atoms with Crippen molar-refractivity contribution in [1.29, 1.82) is 0 Å². The third-order valence-electron chi connectivity index (χ3n) is 2.74. The van der Waals surface area contributed by atoms with E-state index >= 15 is 0 Å². The summed E-state index contributed by atoms with van der Waals surface area (Å²) in [6, 6.07) is 2.65. The molecule has 1 aliphatic rings. The summed E-state index contributed by atoms with van der Waals surface area (Å²) >= 11 is 1.78. The molecule has 1 atom stereocenters. The van der Waals surface area contributed by atoms with Gasteiger partial charge in [-0.25, -0.2) is 0 Å². The summed E-state index contributed by atoms with van der Waals surface area (Å²) in [7, 11) is 1.74. The second-order valence-electron chi connectivity index (χ2n) is 4.00. The molecule has 0 unspecified atom stereocenters. The van der Waals surface area contributed by atoms with Crippen LogP contribution in [0.25, 0.3) is 0 Å². The molecular formula is C11H18N2OS. The second-order valence-corrected chi connectivity index (χ2v) is 5.00. The van der Waals surface area contributed by atoms with Gasteiger partial charge in [-0.3, -0.25) is 4.90 Å². The van der Waals surface area contributed by atoms with Crippen LogP contribution in [0.15, 0.2) is 11.4 Å². The normalized spacial score (nSPS) is 22.9. The van der Waals surface area contributed by atoms with Crippen molar-refractivity contribution in [3.05, 3.63) is 16.3 Å². The van der Waals surface area contributed by atoms with Gasteiger partial charge in [-0.15, -0.1) is 11.3 Å². The summed E-state index contributed by atoms with van der Waals surface area (Å²) in [4.78, 5) is 3.82. The minimum Gasteiger partial charge on any atom is -0.496 e. The molecule has 2 rings (SSSR count). The van der Waals surface area contributed by atoms with E-state index in [0.29, 0.717) is 6.04 Å². The van der Waals surface area contributed by atoms with Crippen molar-refractivity contribution in [2.75, 3.05) is 26.7 Å². The summed E-state index contributed by atoms with van der Waals surface area (Å²) < 4.78 is 5.32. The zero-order valence-electron chi connectivity index (χ0n) is 9.32. The van der Waals surface area contributed by atoms with Crippen LogP contribution in [0.3, 0.4) is 0 Å². The standard InChI is InChI=1S/C11H18N2OS/c1-9-7-13(5-4-12-9)8-11-10(14-2)3-6-15-11/h3,6,9,12H,4-5,7-8H2,1-2H3/t9-/m0/s1. The van der Waals surface area contributed by atoms with Crippen LogP contribution in [0.2, 0.25) is 0 Å². The molecule has 3 nitrogen and oxygen atoms in total. The number of methoxy groups -OCH3 is 1. The Morgan fingerprint density at radius 3 is 3.27 bits per heavy atom. The molecule has 0 radical (unpaired) electrons. The smallest absolute Gasteiger partial charge is 0.134 e. The Kier molecular flexibility index (Phi) is 3.61. The summed E-state index contributed by atoms with van der Waals surface area (Å²) in [5.74, 6) is 1.03. The van der Waals surface area contributed by atoms with Crippen LogP contribution in [0.4, 0.5) is 0 Å². The fourth-order valence-corrected chi connectivity index (χ4v) is 2.87. The summed E-state index contributed by atoms with van der Waals surface area (Å²) in [6.45, 7) is 6.60. The minimum absolute atomic E-state index is 0.602. The highest BCUT2D eigenvalue weighted by Crippen LogP contribution is 2.26. The lowest BCUT2D eigenvalue weighted by molar-refractivity contribution is 0.199. The molecule has 1 aromatic heterocycles. The van der Waals surface area contributed by atoms with Gasteiger partial charge in [-0.2, -0.15) is 0 Å². The number of nitrogens with one attached hydrogen (secondary N) is 1. The van der Waals surface area contributed by atoms with E-state index in [4.69, 9.17) is 4.74 Å². The number of thiophene rings is 1. The molecule has 2 heterocycles. The zero-order valence-corrected chi connectivity index (χ0v) is 10.1. The fourth-order valence-electron chi connectivity index (χ4n) is 1.98. The number of rotatable bonds is 3.